The second-order valence-corrected chi connectivity index (χ2v) is 2.66. The van der Waals surface area contributed by atoms with Crippen molar-refractivity contribution in [1.82, 2.24) is 0 Å². The molecule has 0 amide bonds. The highest BCUT2D eigenvalue weighted by molar-refractivity contribution is 5.79. The molecule has 0 saturated heterocycles. The van der Waals surface area contributed by atoms with E-state index in [9.17, 15) is 0 Å². The topological polar surface area (TPSA) is 38.4 Å². The molecule has 0 aliphatic rings. The van der Waals surface area contributed by atoms with Crippen LogP contribution in [0.5, 0.6) is 0 Å². The lowest BCUT2D eigenvalue weighted by molar-refractivity contribution is 0.995. The molecule has 0 saturated carbocycles. The number of nitrogens with two attached hydrogens (primary N) is 1. The van der Waals surface area contributed by atoms with Crippen molar-refractivity contribution in [1.29, 1.82) is 0 Å². The van der Waals surface area contributed by atoms with Crippen LogP contribution in [0.4, 0.5) is 0 Å². The lowest BCUT2D eigenvalue weighted by Gasteiger charge is -2.01. The Morgan fingerprint density at radius 2 is 2.25 bits per heavy atom. The lowest BCUT2D eigenvalue weighted by Crippen LogP contribution is -1.99. The average molecular weight is 166 g/mol. The van der Waals surface area contributed by atoms with Crippen LogP contribution < -0.4 is 5.73 Å². The van der Waals surface area contributed by atoms with E-state index in [1.54, 1.807) is 0 Å². The van der Waals surface area contributed by atoms with E-state index in [1.165, 1.54) is 0 Å². The van der Waals surface area contributed by atoms with Crippen molar-refractivity contribution >= 4 is 6.21 Å². The summed E-state index contributed by atoms with van der Waals surface area (Å²) in [5.74, 6) is 0. The lowest BCUT2D eigenvalue weighted by atomic mass is 10.1. The summed E-state index contributed by atoms with van der Waals surface area (Å²) in [4.78, 5) is 4.15. The number of hydrogen-bond acceptors (Lipinski definition) is 2. The van der Waals surface area contributed by atoms with E-state index in [2.05, 4.69) is 11.6 Å². The molecule has 0 rings (SSSR count). The van der Waals surface area contributed by atoms with Gasteiger partial charge in [-0.2, -0.15) is 0 Å². The van der Waals surface area contributed by atoms with Gasteiger partial charge in [0.2, 0.25) is 0 Å². The zero-order chi connectivity index (χ0) is 9.40. The van der Waals surface area contributed by atoms with Crippen LogP contribution in [0.15, 0.2) is 28.9 Å². The van der Waals surface area contributed by atoms with Gasteiger partial charge in [0.05, 0.1) is 0 Å². The maximum absolute atomic E-state index is 5.67. The highest BCUT2D eigenvalue weighted by Gasteiger charge is 1.94. The molecule has 0 aromatic rings. The molecule has 0 heterocycles. The first-order valence-electron chi connectivity index (χ1n) is 4.28. The second kappa shape index (κ2) is 6.65. The van der Waals surface area contributed by atoms with Crippen LogP contribution >= 0.6 is 0 Å². The Morgan fingerprint density at radius 3 is 2.67 bits per heavy atom. The van der Waals surface area contributed by atoms with Gasteiger partial charge < -0.3 is 5.73 Å². The smallest absolute Gasteiger partial charge is 0.0361 e. The van der Waals surface area contributed by atoms with Gasteiger partial charge in [0.25, 0.3) is 0 Å². The first-order valence-corrected chi connectivity index (χ1v) is 4.28. The summed E-state index contributed by atoms with van der Waals surface area (Å²) in [5, 5.41) is 0. The Balaban J connectivity index is 4.15. The van der Waals surface area contributed by atoms with Gasteiger partial charge in [-0.25, -0.2) is 0 Å². The molecule has 2 heteroatoms. The fraction of sp³-hybridized carbons (Fsp3) is 0.500. The Kier molecular flexibility index (Phi) is 6.07. The van der Waals surface area contributed by atoms with Gasteiger partial charge >= 0.3 is 0 Å². The SMILES string of the molecule is C=CCCC(C=NCC)=C(C)N. The molecule has 12 heavy (non-hydrogen) atoms. The standard InChI is InChI=1S/C10H18N2/c1-4-6-7-10(9(3)11)8-12-5-2/h4,8H,1,5-7,11H2,2-3H3. The van der Waals surface area contributed by atoms with Crippen LogP contribution in [0, 0.1) is 0 Å². The monoisotopic (exact) mass is 166 g/mol. The van der Waals surface area contributed by atoms with Crippen molar-refractivity contribution in [3.05, 3.63) is 23.9 Å². The zero-order valence-corrected chi connectivity index (χ0v) is 8.01. The van der Waals surface area contributed by atoms with Crippen LogP contribution in [0.2, 0.25) is 0 Å². The average Bonchev–Trinajstić information content (AvgIpc) is 2.04. The Hall–Kier alpha value is -1.05. The quantitative estimate of drug-likeness (QED) is 0.494. The normalized spacial score (nSPS) is 13.2. The molecule has 2 nitrogen and oxygen atoms in total. The second-order valence-electron chi connectivity index (χ2n) is 2.66. The number of rotatable bonds is 5. The Morgan fingerprint density at radius 1 is 1.58 bits per heavy atom. The van der Waals surface area contributed by atoms with Crippen LogP contribution in [0.3, 0.4) is 0 Å². The van der Waals surface area contributed by atoms with Gasteiger partial charge in [0, 0.05) is 18.5 Å². The van der Waals surface area contributed by atoms with Crippen molar-refractivity contribution in [3.63, 3.8) is 0 Å². The van der Waals surface area contributed by atoms with E-state index in [0.29, 0.717) is 0 Å². The molecule has 0 aliphatic carbocycles. The van der Waals surface area contributed by atoms with Gasteiger partial charge in [-0.05, 0) is 32.3 Å². The summed E-state index contributed by atoms with van der Waals surface area (Å²) in [7, 11) is 0. The number of allylic oxidation sites excluding steroid dienone is 3. The van der Waals surface area contributed by atoms with Gasteiger partial charge in [0.1, 0.15) is 0 Å². The molecule has 0 spiro atoms. The predicted molar refractivity (Wildman–Crippen MR) is 55.4 cm³/mol. The van der Waals surface area contributed by atoms with Gasteiger partial charge in [-0.1, -0.05) is 6.08 Å². The summed E-state index contributed by atoms with van der Waals surface area (Å²) < 4.78 is 0. The van der Waals surface area contributed by atoms with Crippen molar-refractivity contribution < 1.29 is 0 Å². The van der Waals surface area contributed by atoms with Crippen molar-refractivity contribution in [2.24, 2.45) is 10.7 Å². The van der Waals surface area contributed by atoms with Gasteiger partial charge in [0.15, 0.2) is 0 Å². The molecule has 0 unspecified atom stereocenters. The minimum atomic E-state index is 0.810. The van der Waals surface area contributed by atoms with Crippen LogP contribution in [0.25, 0.3) is 0 Å². The molecule has 0 bridgehead atoms. The molecular formula is C10H18N2. The third kappa shape index (κ3) is 4.72. The van der Waals surface area contributed by atoms with Gasteiger partial charge in [-0.15, -0.1) is 6.58 Å². The number of nitrogens with zero attached hydrogens (tertiary/aromatic N) is 1. The van der Waals surface area contributed by atoms with E-state index in [4.69, 9.17) is 5.73 Å². The minimum absolute atomic E-state index is 0.810. The molecule has 0 fully saturated rings. The summed E-state index contributed by atoms with van der Waals surface area (Å²) in [5.41, 5.74) is 7.65. The van der Waals surface area contributed by atoms with Crippen molar-refractivity contribution in [3.8, 4) is 0 Å². The Labute approximate surface area is 74.9 Å². The highest BCUT2D eigenvalue weighted by atomic mass is 14.7. The van der Waals surface area contributed by atoms with Crippen LogP contribution in [-0.2, 0) is 0 Å². The van der Waals surface area contributed by atoms with Crippen LogP contribution in [-0.4, -0.2) is 12.8 Å². The fourth-order valence-corrected chi connectivity index (χ4v) is 0.823. The first-order chi connectivity index (χ1) is 5.72. The van der Waals surface area contributed by atoms with Crippen molar-refractivity contribution in [2.75, 3.05) is 6.54 Å². The fourth-order valence-electron chi connectivity index (χ4n) is 0.823. The summed E-state index contributed by atoms with van der Waals surface area (Å²) >= 11 is 0. The van der Waals surface area contributed by atoms with E-state index in [-0.39, 0.29) is 0 Å². The molecule has 0 aliphatic heterocycles. The largest absolute Gasteiger partial charge is 0.402 e. The minimum Gasteiger partial charge on any atom is -0.402 e. The first kappa shape index (κ1) is 11.0. The molecule has 68 valence electrons. The molecule has 0 atom stereocenters. The summed E-state index contributed by atoms with van der Waals surface area (Å²) in [6.45, 7) is 8.39. The number of aliphatic imine (C=N–C) groups is 1. The van der Waals surface area contributed by atoms with E-state index < -0.39 is 0 Å². The maximum atomic E-state index is 5.67. The molecule has 0 aromatic carbocycles. The third-order valence-electron chi connectivity index (χ3n) is 1.55. The predicted octanol–water partition coefficient (Wildman–Crippen LogP) is 2.28. The maximum Gasteiger partial charge on any atom is 0.0361 e. The van der Waals surface area contributed by atoms with E-state index >= 15 is 0 Å². The third-order valence-corrected chi connectivity index (χ3v) is 1.55. The highest BCUT2D eigenvalue weighted by Crippen LogP contribution is 2.05. The number of hydrogen-bond donors (Lipinski definition) is 1. The summed E-state index contributed by atoms with van der Waals surface area (Å²) in [6.07, 6.45) is 5.65. The van der Waals surface area contributed by atoms with Crippen molar-refractivity contribution in [2.45, 2.75) is 26.7 Å². The zero-order valence-electron chi connectivity index (χ0n) is 8.01. The molecule has 2 N–H and O–H groups in total. The summed E-state index contributed by atoms with van der Waals surface area (Å²) in [6, 6.07) is 0. The van der Waals surface area contributed by atoms with Crippen LogP contribution in [0.1, 0.15) is 26.7 Å². The molecular weight excluding hydrogens is 148 g/mol. The van der Waals surface area contributed by atoms with E-state index in [0.717, 1.165) is 30.7 Å². The Bertz CT molecular complexity index is 186. The van der Waals surface area contributed by atoms with Gasteiger partial charge in [-0.3, -0.25) is 4.99 Å². The molecule has 0 radical (unpaired) electrons. The molecule has 0 aromatic heterocycles. The van der Waals surface area contributed by atoms with E-state index in [1.807, 2.05) is 26.1 Å².